The molecular formula is C14H19F2NO. The fraction of sp³-hybridized carbons (Fsp3) is 0.571. The zero-order chi connectivity index (χ0) is 13.2. The molecule has 1 fully saturated rings. The van der Waals surface area contributed by atoms with E-state index in [1.165, 1.54) is 18.2 Å². The maximum atomic E-state index is 13.9. The second-order valence-electron chi connectivity index (χ2n) is 4.89. The van der Waals surface area contributed by atoms with Gasteiger partial charge in [0.1, 0.15) is 11.6 Å². The molecule has 1 N–H and O–H groups in total. The summed E-state index contributed by atoms with van der Waals surface area (Å²) in [5.74, 6) is -1.03. The number of rotatable bonds is 4. The molecule has 2 atom stereocenters. The van der Waals surface area contributed by atoms with Gasteiger partial charge >= 0.3 is 0 Å². The zero-order valence-electron chi connectivity index (χ0n) is 10.8. The maximum absolute atomic E-state index is 13.9. The van der Waals surface area contributed by atoms with Gasteiger partial charge in [-0.2, -0.15) is 0 Å². The molecule has 0 saturated carbocycles. The predicted molar refractivity (Wildman–Crippen MR) is 66.4 cm³/mol. The van der Waals surface area contributed by atoms with Crippen LogP contribution in [-0.4, -0.2) is 18.8 Å². The number of hydrogen-bond donors (Lipinski definition) is 1. The van der Waals surface area contributed by atoms with Crippen molar-refractivity contribution in [2.45, 2.75) is 38.3 Å². The van der Waals surface area contributed by atoms with Crippen LogP contribution in [0.1, 0.15) is 38.3 Å². The highest BCUT2D eigenvalue weighted by Gasteiger charge is 2.41. The highest BCUT2D eigenvalue weighted by atomic mass is 19.1. The first-order valence-corrected chi connectivity index (χ1v) is 6.40. The number of benzene rings is 1. The number of likely N-dealkylation sites (N-methyl/N-ethyl adjacent to an activating group) is 1. The predicted octanol–water partition coefficient (Wildman–Crippen LogP) is 3.18. The number of hydrogen-bond acceptors (Lipinski definition) is 2. The lowest BCUT2D eigenvalue weighted by Crippen LogP contribution is -2.42. The molecule has 4 heteroatoms. The summed E-state index contributed by atoms with van der Waals surface area (Å²) in [6.07, 6.45) is 1.73. The van der Waals surface area contributed by atoms with E-state index in [0.717, 1.165) is 12.8 Å². The van der Waals surface area contributed by atoms with Gasteiger partial charge in [-0.1, -0.05) is 13.0 Å². The molecule has 2 rings (SSSR count). The molecule has 1 heterocycles. The number of halogens is 2. The van der Waals surface area contributed by atoms with Crippen molar-refractivity contribution in [3.63, 3.8) is 0 Å². The van der Waals surface area contributed by atoms with Crippen LogP contribution < -0.4 is 5.32 Å². The Morgan fingerprint density at radius 1 is 1.39 bits per heavy atom. The van der Waals surface area contributed by atoms with Crippen molar-refractivity contribution in [1.29, 1.82) is 0 Å². The summed E-state index contributed by atoms with van der Waals surface area (Å²) < 4.78 is 33.5. The summed E-state index contributed by atoms with van der Waals surface area (Å²) in [4.78, 5) is 0. The largest absolute Gasteiger partial charge is 0.373 e. The van der Waals surface area contributed by atoms with Gasteiger partial charge < -0.3 is 10.1 Å². The Balaban J connectivity index is 2.41. The first-order valence-electron chi connectivity index (χ1n) is 6.40. The molecule has 1 aromatic rings. The van der Waals surface area contributed by atoms with Crippen molar-refractivity contribution < 1.29 is 13.5 Å². The van der Waals surface area contributed by atoms with Gasteiger partial charge in [-0.15, -0.1) is 0 Å². The van der Waals surface area contributed by atoms with Crippen molar-refractivity contribution in [2.24, 2.45) is 0 Å². The lowest BCUT2D eigenvalue weighted by atomic mass is 9.87. The quantitative estimate of drug-likeness (QED) is 0.892. The van der Waals surface area contributed by atoms with Crippen molar-refractivity contribution in [3.05, 3.63) is 35.4 Å². The molecule has 0 radical (unpaired) electrons. The summed E-state index contributed by atoms with van der Waals surface area (Å²) in [7, 11) is 0. The number of nitrogens with one attached hydrogen (secondary N) is 1. The SMILES string of the molecule is CCNC(c1c(F)cccc1F)C1(C)CCCO1. The van der Waals surface area contributed by atoms with Gasteiger partial charge in [-0.25, -0.2) is 8.78 Å². The molecule has 0 aromatic heterocycles. The molecule has 0 bridgehead atoms. The van der Waals surface area contributed by atoms with E-state index in [9.17, 15) is 8.78 Å². The second kappa shape index (κ2) is 5.33. The molecular weight excluding hydrogens is 236 g/mol. The van der Waals surface area contributed by atoms with Gasteiger partial charge in [0.05, 0.1) is 11.6 Å². The molecule has 0 aliphatic carbocycles. The summed E-state index contributed by atoms with van der Waals surface area (Å²) in [6.45, 7) is 5.12. The van der Waals surface area contributed by atoms with E-state index in [1.807, 2.05) is 13.8 Å². The Morgan fingerprint density at radius 2 is 2.06 bits per heavy atom. The minimum absolute atomic E-state index is 0.0868. The van der Waals surface area contributed by atoms with Crippen LogP contribution in [0.5, 0.6) is 0 Å². The van der Waals surface area contributed by atoms with E-state index in [2.05, 4.69) is 5.32 Å². The van der Waals surface area contributed by atoms with E-state index in [4.69, 9.17) is 4.74 Å². The summed E-state index contributed by atoms with van der Waals surface area (Å²) >= 11 is 0. The fourth-order valence-corrected chi connectivity index (χ4v) is 2.64. The first-order chi connectivity index (χ1) is 8.58. The summed E-state index contributed by atoms with van der Waals surface area (Å²) in [5, 5.41) is 3.16. The third-order valence-electron chi connectivity index (χ3n) is 3.56. The summed E-state index contributed by atoms with van der Waals surface area (Å²) in [6, 6.07) is 3.52. The standard InChI is InChI=1S/C14H19F2NO/c1-3-17-13(14(2)8-5-9-18-14)12-10(15)6-4-7-11(12)16/h4,6-7,13,17H,3,5,8-9H2,1-2H3. The topological polar surface area (TPSA) is 21.3 Å². The Bertz CT molecular complexity index is 396. The number of ether oxygens (including phenoxy) is 1. The van der Waals surface area contributed by atoms with Crippen LogP contribution in [-0.2, 0) is 4.74 Å². The van der Waals surface area contributed by atoms with Crippen LogP contribution in [0.25, 0.3) is 0 Å². The molecule has 1 aromatic carbocycles. The lowest BCUT2D eigenvalue weighted by molar-refractivity contribution is -0.0139. The molecule has 0 spiro atoms. The van der Waals surface area contributed by atoms with E-state index in [1.54, 1.807) is 0 Å². The van der Waals surface area contributed by atoms with E-state index >= 15 is 0 Å². The van der Waals surface area contributed by atoms with Gasteiger partial charge in [0.25, 0.3) is 0 Å². The lowest BCUT2D eigenvalue weighted by Gasteiger charge is -2.34. The molecule has 2 nitrogen and oxygen atoms in total. The van der Waals surface area contributed by atoms with Crippen LogP contribution in [0, 0.1) is 11.6 Å². The maximum Gasteiger partial charge on any atom is 0.131 e. The fourth-order valence-electron chi connectivity index (χ4n) is 2.64. The van der Waals surface area contributed by atoms with Crippen LogP contribution in [0.3, 0.4) is 0 Å². The van der Waals surface area contributed by atoms with Gasteiger partial charge in [0, 0.05) is 12.2 Å². The minimum atomic E-state index is -0.543. The molecule has 1 aliphatic rings. The second-order valence-corrected chi connectivity index (χ2v) is 4.89. The van der Waals surface area contributed by atoms with E-state index in [-0.39, 0.29) is 5.56 Å². The molecule has 1 aliphatic heterocycles. The zero-order valence-corrected chi connectivity index (χ0v) is 10.8. The van der Waals surface area contributed by atoms with Crippen LogP contribution in [0.15, 0.2) is 18.2 Å². The molecule has 18 heavy (non-hydrogen) atoms. The average molecular weight is 255 g/mol. The average Bonchev–Trinajstić information content (AvgIpc) is 2.76. The highest BCUT2D eigenvalue weighted by molar-refractivity contribution is 5.26. The van der Waals surface area contributed by atoms with Crippen molar-refractivity contribution in [3.8, 4) is 0 Å². The van der Waals surface area contributed by atoms with Crippen molar-refractivity contribution >= 4 is 0 Å². The molecule has 0 amide bonds. The van der Waals surface area contributed by atoms with Gasteiger partial charge in [-0.05, 0) is 38.4 Å². The van der Waals surface area contributed by atoms with Gasteiger partial charge in [-0.3, -0.25) is 0 Å². The van der Waals surface area contributed by atoms with Crippen molar-refractivity contribution in [1.82, 2.24) is 5.32 Å². The van der Waals surface area contributed by atoms with Gasteiger partial charge in [0.15, 0.2) is 0 Å². The minimum Gasteiger partial charge on any atom is -0.373 e. The third kappa shape index (κ3) is 2.40. The molecule has 2 unspecified atom stereocenters. The Labute approximate surface area is 106 Å². The monoisotopic (exact) mass is 255 g/mol. The first kappa shape index (κ1) is 13.4. The smallest absolute Gasteiger partial charge is 0.131 e. The summed E-state index contributed by atoms with van der Waals surface area (Å²) in [5.41, 5.74) is -0.456. The molecule has 100 valence electrons. The van der Waals surface area contributed by atoms with E-state index in [0.29, 0.717) is 13.2 Å². The van der Waals surface area contributed by atoms with Crippen LogP contribution >= 0.6 is 0 Å². The Kier molecular flexibility index (Phi) is 3.97. The Morgan fingerprint density at radius 3 is 2.56 bits per heavy atom. The van der Waals surface area contributed by atoms with E-state index < -0.39 is 23.3 Å². The third-order valence-corrected chi connectivity index (χ3v) is 3.56. The van der Waals surface area contributed by atoms with Crippen LogP contribution in [0.4, 0.5) is 8.78 Å². The Hall–Kier alpha value is -1.00. The molecule has 1 saturated heterocycles. The highest BCUT2D eigenvalue weighted by Crippen LogP contribution is 2.39. The normalized spacial score (nSPS) is 25.3. The van der Waals surface area contributed by atoms with Crippen LogP contribution in [0.2, 0.25) is 0 Å². The van der Waals surface area contributed by atoms with Crippen molar-refractivity contribution in [2.75, 3.05) is 13.2 Å². The van der Waals surface area contributed by atoms with Gasteiger partial charge in [0.2, 0.25) is 0 Å².